The molecule has 0 spiro atoms. The molecule has 2 aromatic carbocycles. The van der Waals surface area contributed by atoms with Crippen LogP contribution in [-0.2, 0) is 0 Å². The van der Waals surface area contributed by atoms with Crippen molar-refractivity contribution in [3.05, 3.63) is 59.4 Å². The lowest BCUT2D eigenvalue weighted by Crippen LogP contribution is -2.36. The summed E-state index contributed by atoms with van der Waals surface area (Å²) in [5.74, 6) is 7.20. The molecule has 96 valence electrons. The predicted octanol–water partition coefficient (Wildman–Crippen LogP) is 2.56. The smallest absolute Gasteiger partial charge is 0.268 e. The molecule has 0 aliphatic carbocycles. The first-order valence-corrected chi connectivity index (χ1v) is 6.45. The molecule has 3 heteroatoms. The van der Waals surface area contributed by atoms with Crippen LogP contribution in [0.5, 0.6) is 0 Å². The average molecular weight is 252 g/mol. The monoisotopic (exact) mass is 252 g/mol. The molecule has 1 aromatic heterocycles. The first-order chi connectivity index (χ1) is 9.11. The first kappa shape index (κ1) is 11.8. The van der Waals surface area contributed by atoms with Crippen LogP contribution in [0.15, 0.2) is 42.5 Å². The van der Waals surface area contributed by atoms with Gasteiger partial charge in [-0.25, -0.2) is 0 Å². The normalized spacial score (nSPS) is 11.1. The van der Waals surface area contributed by atoms with E-state index in [1.165, 1.54) is 16.8 Å². The van der Waals surface area contributed by atoms with Crippen LogP contribution >= 0.6 is 0 Å². The minimum absolute atomic E-state index is 1.03. The number of benzene rings is 2. The predicted molar refractivity (Wildman–Crippen MR) is 77.8 cm³/mol. The largest absolute Gasteiger partial charge is 0.282 e. The lowest BCUT2D eigenvalue weighted by Gasteiger charge is -2.07. The van der Waals surface area contributed by atoms with Crippen molar-refractivity contribution in [3.8, 4) is 5.69 Å². The number of fused-ring (bicyclic) bond motifs is 1. The fraction of sp³-hybridized carbons (Fsp3) is 0.188. The lowest BCUT2D eigenvalue weighted by atomic mass is 10.1. The number of para-hydroxylation sites is 3. The topological polar surface area (TPSA) is 34.8 Å². The van der Waals surface area contributed by atoms with Crippen LogP contribution in [0.3, 0.4) is 0 Å². The number of imidazole rings is 1. The maximum absolute atomic E-state index is 6.17. The van der Waals surface area contributed by atoms with Gasteiger partial charge in [0, 0.05) is 6.92 Å². The molecule has 0 saturated carbocycles. The van der Waals surface area contributed by atoms with Gasteiger partial charge in [0.2, 0.25) is 0 Å². The molecule has 0 amide bonds. The number of nitrogen functional groups attached to an aromatic ring is 1. The van der Waals surface area contributed by atoms with Gasteiger partial charge in [0.1, 0.15) is 5.69 Å². The van der Waals surface area contributed by atoms with E-state index in [0.717, 1.165) is 16.9 Å². The van der Waals surface area contributed by atoms with E-state index in [9.17, 15) is 0 Å². The van der Waals surface area contributed by atoms with Crippen molar-refractivity contribution in [2.24, 2.45) is 0 Å². The molecule has 3 aromatic rings. The quantitative estimate of drug-likeness (QED) is 0.524. The Morgan fingerprint density at radius 2 is 1.53 bits per heavy atom. The maximum Gasteiger partial charge on any atom is 0.282 e. The highest BCUT2D eigenvalue weighted by molar-refractivity contribution is 5.73. The summed E-state index contributed by atoms with van der Waals surface area (Å²) in [4.78, 5) is 0. The van der Waals surface area contributed by atoms with E-state index in [1.54, 1.807) is 4.68 Å². The Balaban J connectivity index is 2.47. The molecular formula is C16H18N3+. The van der Waals surface area contributed by atoms with Crippen molar-refractivity contribution in [2.75, 3.05) is 5.84 Å². The van der Waals surface area contributed by atoms with Gasteiger partial charge >= 0.3 is 0 Å². The molecule has 0 fully saturated rings. The standard InChI is InChI=1S/C16H18N3/c1-11-7-6-8-12(2)16(11)18-13(3)19(17)15-10-5-4-9-14(15)18/h4-10H,17H2,1-3H3/q+1. The second-order valence-electron chi connectivity index (χ2n) is 4.98. The zero-order chi connectivity index (χ0) is 13.6. The van der Waals surface area contributed by atoms with Crippen LogP contribution in [0.1, 0.15) is 17.0 Å². The van der Waals surface area contributed by atoms with Gasteiger partial charge in [0.15, 0.2) is 11.0 Å². The number of aromatic nitrogens is 2. The number of nitrogens with two attached hydrogens (primary N) is 1. The minimum Gasteiger partial charge on any atom is -0.268 e. The summed E-state index contributed by atoms with van der Waals surface area (Å²) in [5, 5.41) is 0. The van der Waals surface area contributed by atoms with Crippen molar-refractivity contribution in [2.45, 2.75) is 20.8 Å². The van der Waals surface area contributed by atoms with Crippen LogP contribution in [0.4, 0.5) is 0 Å². The fourth-order valence-electron chi connectivity index (χ4n) is 2.75. The molecule has 0 bridgehead atoms. The molecule has 19 heavy (non-hydrogen) atoms. The molecule has 3 rings (SSSR count). The Morgan fingerprint density at radius 1 is 0.895 bits per heavy atom. The third kappa shape index (κ3) is 1.62. The summed E-state index contributed by atoms with van der Waals surface area (Å²) in [6.07, 6.45) is 0. The molecule has 0 radical (unpaired) electrons. The van der Waals surface area contributed by atoms with Crippen LogP contribution in [0.2, 0.25) is 0 Å². The molecular weight excluding hydrogens is 234 g/mol. The van der Waals surface area contributed by atoms with Crippen LogP contribution in [0, 0.1) is 20.8 Å². The highest BCUT2D eigenvalue weighted by Gasteiger charge is 2.23. The van der Waals surface area contributed by atoms with E-state index in [-0.39, 0.29) is 0 Å². The van der Waals surface area contributed by atoms with Crippen molar-refractivity contribution in [1.82, 2.24) is 4.68 Å². The van der Waals surface area contributed by atoms with Crippen molar-refractivity contribution in [1.29, 1.82) is 0 Å². The molecule has 2 N–H and O–H groups in total. The Kier molecular flexibility index (Phi) is 2.56. The van der Waals surface area contributed by atoms with Gasteiger partial charge in [-0.3, -0.25) is 5.84 Å². The highest BCUT2D eigenvalue weighted by Crippen LogP contribution is 2.19. The molecule has 1 heterocycles. The molecule has 0 saturated heterocycles. The zero-order valence-electron chi connectivity index (χ0n) is 11.5. The molecule has 0 aliphatic rings. The average Bonchev–Trinajstić information content (AvgIpc) is 2.64. The summed E-state index contributed by atoms with van der Waals surface area (Å²) >= 11 is 0. The molecule has 0 unspecified atom stereocenters. The zero-order valence-corrected chi connectivity index (χ0v) is 11.5. The minimum atomic E-state index is 1.03. The second kappa shape index (κ2) is 4.12. The summed E-state index contributed by atoms with van der Waals surface area (Å²) < 4.78 is 3.99. The van der Waals surface area contributed by atoms with Gasteiger partial charge in [0.25, 0.3) is 5.82 Å². The van der Waals surface area contributed by atoms with E-state index < -0.39 is 0 Å². The van der Waals surface area contributed by atoms with Crippen molar-refractivity contribution >= 4 is 11.0 Å². The van der Waals surface area contributed by atoms with Crippen molar-refractivity contribution in [3.63, 3.8) is 0 Å². The van der Waals surface area contributed by atoms with E-state index in [4.69, 9.17) is 5.84 Å². The van der Waals surface area contributed by atoms with Crippen molar-refractivity contribution < 1.29 is 4.57 Å². The summed E-state index contributed by atoms with van der Waals surface area (Å²) in [5.41, 5.74) is 5.91. The van der Waals surface area contributed by atoms with Gasteiger partial charge < -0.3 is 0 Å². The van der Waals surface area contributed by atoms with E-state index in [1.807, 2.05) is 25.1 Å². The third-order valence-corrected chi connectivity index (χ3v) is 3.72. The Labute approximate surface area is 112 Å². The maximum atomic E-state index is 6.17. The van der Waals surface area contributed by atoms with Crippen LogP contribution < -0.4 is 10.4 Å². The SMILES string of the molecule is Cc1cccc(C)c1-[n+]1c(C)n(N)c2ccccc21. The number of hydrogen-bond donors (Lipinski definition) is 1. The van der Waals surface area contributed by atoms with Gasteiger partial charge in [-0.15, -0.1) is 4.68 Å². The van der Waals surface area contributed by atoms with Crippen LogP contribution in [0.25, 0.3) is 16.7 Å². The third-order valence-electron chi connectivity index (χ3n) is 3.72. The molecule has 0 atom stereocenters. The number of nitrogens with zero attached hydrogens (tertiary/aromatic N) is 2. The van der Waals surface area contributed by atoms with E-state index in [2.05, 4.69) is 42.7 Å². The Bertz CT molecular complexity index is 749. The van der Waals surface area contributed by atoms with Crippen LogP contribution in [-0.4, -0.2) is 4.68 Å². The highest BCUT2D eigenvalue weighted by atomic mass is 15.4. The summed E-state index contributed by atoms with van der Waals surface area (Å²) in [6.45, 7) is 6.32. The van der Waals surface area contributed by atoms with E-state index in [0.29, 0.717) is 0 Å². The first-order valence-electron chi connectivity index (χ1n) is 6.45. The van der Waals surface area contributed by atoms with Gasteiger partial charge in [-0.1, -0.05) is 30.3 Å². The van der Waals surface area contributed by atoms with Gasteiger partial charge in [0.05, 0.1) is 0 Å². The summed E-state index contributed by atoms with van der Waals surface area (Å²) in [7, 11) is 0. The van der Waals surface area contributed by atoms with Gasteiger partial charge in [-0.05, 0) is 37.1 Å². The number of rotatable bonds is 1. The fourth-order valence-corrected chi connectivity index (χ4v) is 2.75. The lowest BCUT2D eigenvalue weighted by molar-refractivity contribution is -0.576. The molecule has 0 aliphatic heterocycles. The van der Waals surface area contributed by atoms with Gasteiger partial charge in [-0.2, -0.15) is 4.57 Å². The molecule has 3 nitrogen and oxygen atoms in total. The number of hydrogen-bond acceptors (Lipinski definition) is 1. The number of aryl methyl sites for hydroxylation is 2. The summed E-state index contributed by atoms with van der Waals surface area (Å²) in [6, 6.07) is 14.6. The Morgan fingerprint density at radius 3 is 2.21 bits per heavy atom. The van der Waals surface area contributed by atoms with E-state index >= 15 is 0 Å². The second-order valence-corrected chi connectivity index (χ2v) is 4.98. The Hall–Kier alpha value is -2.29.